The Hall–Kier alpha value is -1.44. The van der Waals surface area contributed by atoms with Gasteiger partial charge in [0.15, 0.2) is 6.61 Å². The summed E-state index contributed by atoms with van der Waals surface area (Å²) in [5, 5.41) is 3.26. The van der Waals surface area contributed by atoms with Crippen LogP contribution in [0.5, 0.6) is 0 Å². The second-order valence-electron chi connectivity index (χ2n) is 6.05. The molecule has 25 heavy (non-hydrogen) atoms. The summed E-state index contributed by atoms with van der Waals surface area (Å²) in [5.41, 5.74) is 0.453. The molecule has 0 saturated carbocycles. The summed E-state index contributed by atoms with van der Waals surface area (Å²) in [6, 6.07) is 4.02. The van der Waals surface area contributed by atoms with Crippen molar-refractivity contribution in [2.24, 2.45) is 0 Å². The molecule has 2 aliphatic heterocycles. The van der Waals surface area contributed by atoms with Crippen molar-refractivity contribution in [3.63, 3.8) is 0 Å². The van der Waals surface area contributed by atoms with Crippen LogP contribution in [0.1, 0.15) is 19.8 Å². The lowest BCUT2D eigenvalue weighted by atomic mass is 10.2. The zero-order valence-electron chi connectivity index (χ0n) is 13.4. The van der Waals surface area contributed by atoms with Crippen LogP contribution in [0.3, 0.4) is 0 Å². The molecule has 2 amide bonds. The average molecular weight is 403 g/mol. The highest BCUT2D eigenvalue weighted by Crippen LogP contribution is 2.47. The number of nitrogens with zero attached hydrogens (tertiary/aromatic N) is 1. The molecule has 0 radical (unpaired) electrons. The van der Waals surface area contributed by atoms with E-state index in [4.69, 9.17) is 27.9 Å². The second-order valence-corrected chi connectivity index (χ2v) is 8.37. The molecular formula is C16H16Cl2N2O4S. The van der Waals surface area contributed by atoms with Gasteiger partial charge in [-0.3, -0.25) is 9.59 Å². The van der Waals surface area contributed by atoms with Crippen LogP contribution in [0.2, 0.25) is 10.0 Å². The molecule has 2 atom stereocenters. The normalized spacial score (nSPS) is 25.0. The van der Waals surface area contributed by atoms with Crippen LogP contribution < -0.4 is 5.32 Å². The number of carbonyl (C=O) groups is 3. The number of anilines is 1. The van der Waals surface area contributed by atoms with Crippen LogP contribution in [-0.4, -0.2) is 46.0 Å². The van der Waals surface area contributed by atoms with Crippen molar-refractivity contribution in [2.75, 3.05) is 17.7 Å². The second kappa shape index (κ2) is 7.05. The highest BCUT2D eigenvalue weighted by atomic mass is 35.5. The summed E-state index contributed by atoms with van der Waals surface area (Å²) in [4.78, 5) is 37.5. The fraction of sp³-hybridized carbons (Fsp3) is 0.438. The number of thioether (sulfide) groups is 1. The van der Waals surface area contributed by atoms with Gasteiger partial charge in [0.1, 0.15) is 6.04 Å². The Balaban J connectivity index is 1.54. The summed E-state index contributed by atoms with van der Waals surface area (Å²) < 4.78 is 5.10. The van der Waals surface area contributed by atoms with Gasteiger partial charge in [-0.1, -0.05) is 23.2 Å². The van der Waals surface area contributed by atoms with Crippen molar-refractivity contribution in [2.45, 2.75) is 30.7 Å². The maximum absolute atomic E-state index is 12.3. The van der Waals surface area contributed by atoms with Gasteiger partial charge >= 0.3 is 5.97 Å². The monoisotopic (exact) mass is 402 g/mol. The molecule has 0 aliphatic carbocycles. The predicted octanol–water partition coefficient (Wildman–Crippen LogP) is 2.93. The molecule has 134 valence electrons. The highest BCUT2D eigenvalue weighted by Gasteiger charge is 2.53. The molecule has 1 N–H and O–H groups in total. The van der Waals surface area contributed by atoms with Crippen molar-refractivity contribution < 1.29 is 19.1 Å². The quantitative estimate of drug-likeness (QED) is 0.783. The Morgan fingerprint density at radius 3 is 2.88 bits per heavy atom. The first-order valence-corrected chi connectivity index (χ1v) is 9.42. The van der Waals surface area contributed by atoms with Gasteiger partial charge in [-0.25, -0.2) is 4.79 Å². The molecule has 1 aromatic rings. The lowest BCUT2D eigenvalue weighted by Gasteiger charge is -2.29. The van der Waals surface area contributed by atoms with Crippen LogP contribution in [0.4, 0.5) is 5.69 Å². The molecule has 1 aromatic carbocycles. The molecule has 2 aliphatic rings. The van der Waals surface area contributed by atoms with E-state index in [1.165, 1.54) is 6.07 Å². The number of benzene rings is 1. The third-order valence-electron chi connectivity index (χ3n) is 4.27. The maximum Gasteiger partial charge on any atom is 0.330 e. The number of nitrogens with one attached hydrogen (secondary N) is 1. The van der Waals surface area contributed by atoms with Crippen molar-refractivity contribution in [3.05, 3.63) is 28.2 Å². The summed E-state index contributed by atoms with van der Waals surface area (Å²) in [7, 11) is 0. The Bertz CT molecular complexity index is 745. The van der Waals surface area contributed by atoms with Gasteiger partial charge in [-0.2, -0.15) is 0 Å². The van der Waals surface area contributed by atoms with Crippen LogP contribution in [0, 0.1) is 0 Å². The van der Waals surface area contributed by atoms with E-state index in [-0.39, 0.29) is 10.8 Å². The molecule has 6 nitrogen and oxygen atoms in total. The van der Waals surface area contributed by atoms with Crippen molar-refractivity contribution in [1.82, 2.24) is 4.90 Å². The van der Waals surface area contributed by atoms with Crippen molar-refractivity contribution in [1.29, 1.82) is 0 Å². The predicted molar refractivity (Wildman–Crippen MR) is 96.8 cm³/mol. The van der Waals surface area contributed by atoms with E-state index < -0.39 is 24.5 Å². The number of amides is 2. The van der Waals surface area contributed by atoms with Crippen LogP contribution in [-0.2, 0) is 19.1 Å². The zero-order valence-corrected chi connectivity index (χ0v) is 15.7. The molecule has 2 fully saturated rings. The Labute approximate surface area is 159 Å². The summed E-state index contributed by atoms with van der Waals surface area (Å²) in [5.74, 6) is -0.617. The van der Waals surface area contributed by atoms with E-state index in [1.807, 2.05) is 6.92 Å². The standard InChI is InChI=1S/C16H16Cl2N2O4S/c1-16-5-4-14(22)20(16)12(8-25-16)15(23)24-7-13(21)19-9-2-3-10(17)11(18)6-9/h2-3,6,12H,4-5,7-8H2,1H3,(H,19,21). The van der Waals surface area contributed by atoms with Crippen LogP contribution >= 0.6 is 35.0 Å². The van der Waals surface area contributed by atoms with E-state index in [2.05, 4.69) is 5.32 Å². The Morgan fingerprint density at radius 2 is 2.16 bits per heavy atom. The van der Waals surface area contributed by atoms with Crippen molar-refractivity contribution in [3.8, 4) is 0 Å². The van der Waals surface area contributed by atoms with E-state index in [1.54, 1.807) is 28.8 Å². The fourth-order valence-electron chi connectivity index (χ4n) is 3.00. The average Bonchev–Trinajstić information content (AvgIpc) is 3.05. The van der Waals surface area contributed by atoms with Crippen LogP contribution in [0.25, 0.3) is 0 Å². The highest BCUT2D eigenvalue weighted by molar-refractivity contribution is 8.01. The molecule has 2 saturated heterocycles. The van der Waals surface area contributed by atoms with E-state index in [0.717, 1.165) is 6.42 Å². The van der Waals surface area contributed by atoms with Gasteiger partial charge in [-0.05, 0) is 31.5 Å². The summed E-state index contributed by atoms with van der Waals surface area (Å²) >= 11 is 13.3. The number of ether oxygens (including phenoxy) is 1. The third-order valence-corrected chi connectivity index (χ3v) is 6.51. The summed E-state index contributed by atoms with van der Waals surface area (Å²) in [6.45, 7) is 1.52. The van der Waals surface area contributed by atoms with Gasteiger partial charge in [0.2, 0.25) is 5.91 Å². The topological polar surface area (TPSA) is 75.7 Å². The number of hydrogen-bond donors (Lipinski definition) is 1. The summed E-state index contributed by atoms with van der Waals surface area (Å²) in [6.07, 6.45) is 1.16. The first-order valence-electron chi connectivity index (χ1n) is 7.68. The number of halogens is 2. The van der Waals surface area contributed by atoms with Crippen molar-refractivity contribution >= 4 is 58.4 Å². The first-order chi connectivity index (χ1) is 11.8. The fourth-order valence-corrected chi connectivity index (χ4v) is 4.71. The van der Waals surface area contributed by atoms with E-state index in [0.29, 0.717) is 27.9 Å². The molecule has 0 aromatic heterocycles. The SMILES string of the molecule is CC12CCC(=O)N1C(C(=O)OCC(=O)Nc1ccc(Cl)c(Cl)c1)CS2. The lowest BCUT2D eigenvalue weighted by Crippen LogP contribution is -2.47. The largest absolute Gasteiger partial charge is 0.454 e. The van der Waals surface area contributed by atoms with E-state index in [9.17, 15) is 14.4 Å². The molecule has 3 rings (SSSR count). The molecule has 2 heterocycles. The van der Waals surface area contributed by atoms with Gasteiger partial charge in [0.25, 0.3) is 5.91 Å². The molecule has 2 unspecified atom stereocenters. The number of carbonyl (C=O) groups excluding carboxylic acids is 3. The van der Waals surface area contributed by atoms with E-state index >= 15 is 0 Å². The minimum absolute atomic E-state index is 0.0466. The van der Waals surface area contributed by atoms with Gasteiger partial charge in [0.05, 0.1) is 14.9 Å². The number of hydrogen-bond acceptors (Lipinski definition) is 5. The van der Waals surface area contributed by atoms with Crippen LogP contribution in [0.15, 0.2) is 18.2 Å². The number of fused-ring (bicyclic) bond motifs is 1. The van der Waals surface area contributed by atoms with Gasteiger partial charge in [0, 0.05) is 17.9 Å². The van der Waals surface area contributed by atoms with Gasteiger partial charge < -0.3 is 15.0 Å². The molecular weight excluding hydrogens is 387 g/mol. The molecule has 9 heteroatoms. The minimum Gasteiger partial charge on any atom is -0.454 e. The zero-order chi connectivity index (χ0) is 18.2. The molecule has 0 bridgehead atoms. The van der Waals surface area contributed by atoms with Gasteiger partial charge in [-0.15, -0.1) is 11.8 Å². The number of esters is 1. The Kier molecular flexibility index (Phi) is 5.18. The smallest absolute Gasteiger partial charge is 0.330 e. The Morgan fingerprint density at radius 1 is 1.40 bits per heavy atom. The third kappa shape index (κ3) is 3.73. The maximum atomic E-state index is 12.3. The number of rotatable bonds is 4. The minimum atomic E-state index is -0.636. The lowest BCUT2D eigenvalue weighted by molar-refractivity contribution is -0.155. The first kappa shape index (κ1) is 18.4. The molecule has 0 spiro atoms.